The zero-order valence-corrected chi connectivity index (χ0v) is 13.5. The van der Waals surface area contributed by atoms with Crippen molar-refractivity contribution in [3.63, 3.8) is 0 Å². The fourth-order valence-electron chi connectivity index (χ4n) is 2.31. The largest absolute Gasteiger partial charge is 0.496 e. The van der Waals surface area contributed by atoms with Gasteiger partial charge in [-0.1, -0.05) is 18.2 Å². The molecule has 1 aromatic heterocycles. The molecule has 0 spiro atoms. The Kier molecular flexibility index (Phi) is 5.41. The molecule has 1 atom stereocenters. The number of methoxy groups -OCH3 is 1. The molecular formula is C17H21N3O3. The number of hydrogen-bond donors (Lipinski definition) is 3. The van der Waals surface area contributed by atoms with E-state index in [0.29, 0.717) is 17.9 Å². The van der Waals surface area contributed by atoms with Crippen molar-refractivity contribution in [2.24, 2.45) is 0 Å². The Bertz CT molecular complexity index is 694. The highest BCUT2D eigenvalue weighted by atomic mass is 16.5. The van der Waals surface area contributed by atoms with E-state index in [0.717, 1.165) is 11.1 Å². The van der Waals surface area contributed by atoms with Crippen LogP contribution < -0.4 is 15.4 Å². The number of amides is 2. The van der Waals surface area contributed by atoms with Gasteiger partial charge in [0.15, 0.2) is 0 Å². The van der Waals surface area contributed by atoms with Crippen molar-refractivity contribution in [1.29, 1.82) is 0 Å². The predicted octanol–water partition coefficient (Wildman–Crippen LogP) is 1.94. The molecule has 2 rings (SSSR count). The van der Waals surface area contributed by atoms with E-state index in [1.807, 2.05) is 31.2 Å². The van der Waals surface area contributed by atoms with E-state index in [1.54, 1.807) is 26.4 Å². The SMILES string of the molecule is CCNC(=O)[C@@H](C)NC(=O)c1c[nH]cc1-c1ccccc1OC. The van der Waals surface area contributed by atoms with Crippen molar-refractivity contribution in [3.8, 4) is 16.9 Å². The summed E-state index contributed by atoms with van der Waals surface area (Å²) >= 11 is 0. The molecule has 23 heavy (non-hydrogen) atoms. The second kappa shape index (κ2) is 7.49. The molecule has 1 aromatic carbocycles. The molecule has 0 unspecified atom stereocenters. The fourth-order valence-corrected chi connectivity index (χ4v) is 2.31. The van der Waals surface area contributed by atoms with Gasteiger partial charge in [-0.2, -0.15) is 0 Å². The first-order valence-corrected chi connectivity index (χ1v) is 7.47. The van der Waals surface area contributed by atoms with Gasteiger partial charge in [-0.15, -0.1) is 0 Å². The lowest BCUT2D eigenvalue weighted by Gasteiger charge is -2.14. The van der Waals surface area contributed by atoms with Gasteiger partial charge in [-0.3, -0.25) is 9.59 Å². The number of nitrogens with one attached hydrogen (secondary N) is 3. The molecule has 2 aromatic rings. The van der Waals surface area contributed by atoms with Crippen molar-refractivity contribution in [1.82, 2.24) is 15.6 Å². The molecule has 0 aliphatic heterocycles. The first-order valence-electron chi connectivity index (χ1n) is 7.47. The van der Waals surface area contributed by atoms with Crippen molar-refractivity contribution in [3.05, 3.63) is 42.2 Å². The van der Waals surface area contributed by atoms with Crippen molar-refractivity contribution >= 4 is 11.8 Å². The van der Waals surface area contributed by atoms with E-state index in [2.05, 4.69) is 15.6 Å². The van der Waals surface area contributed by atoms with E-state index in [4.69, 9.17) is 4.74 Å². The summed E-state index contributed by atoms with van der Waals surface area (Å²) in [6, 6.07) is 6.85. The number of H-pyrrole nitrogens is 1. The lowest BCUT2D eigenvalue weighted by Crippen LogP contribution is -2.44. The van der Waals surface area contributed by atoms with Crippen LogP contribution in [0.5, 0.6) is 5.75 Å². The van der Waals surface area contributed by atoms with Gasteiger partial charge in [0, 0.05) is 30.1 Å². The summed E-state index contributed by atoms with van der Waals surface area (Å²) in [5, 5.41) is 5.38. The van der Waals surface area contributed by atoms with Crippen LogP contribution >= 0.6 is 0 Å². The van der Waals surface area contributed by atoms with E-state index < -0.39 is 6.04 Å². The van der Waals surface area contributed by atoms with Crippen LogP contribution in [0, 0.1) is 0 Å². The molecule has 0 aliphatic carbocycles. The Balaban J connectivity index is 2.24. The summed E-state index contributed by atoms with van der Waals surface area (Å²) in [5.41, 5.74) is 2.00. The van der Waals surface area contributed by atoms with Gasteiger partial charge in [-0.05, 0) is 19.9 Å². The molecule has 3 N–H and O–H groups in total. The lowest BCUT2D eigenvalue weighted by atomic mass is 10.0. The first-order chi connectivity index (χ1) is 11.1. The Morgan fingerprint density at radius 1 is 1.22 bits per heavy atom. The van der Waals surface area contributed by atoms with Crippen LogP contribution in [-0.4, -0.2) is 36.5 Å². The molecule has 0 aliphatic rings. The molecule has 0 saturated carbocycles. The summed E-state index contributed by atoms with van der Waals surface area (Å²) < 4.78 is 5.35. The zero-order chi connectivity index (χ0) is 16.8. The van der Waals surface area contributed by atoms with Gasteiger partial charge in [0.05, 0.1) is 12.7 Å². The molecule has 0 fully saturated rings. The van der Waals surface area contributed by atoms with Crippen molar-refractivity contribution in [2.45, 2.75) is 19.9 Å². The molecule has 6 nitrogen and oxygen atoms in total. The summed E-state index contributed by atoms with van der Waals surface area (Å²) in [6.07, 6.45) is 3.35. The third-order valence-corrected chi connectivity index (χ3v) is 3.48. The Hall–Kier alpha value is -2.76. The van der Waals surface area contributed by atoms with Crippen LogP contribution in [-0.2, 0) is 4.79 Å². The first kappa shape index (κ1) is 16.6. The Labute approximate surface area is 135 Å². The second-order valence-electron chi connectivity index (χ2n) is 5.07. The van der Waals surface area contributed by atoms with E-state index >= 15 is 0 Å². The zero-order valence-electron chi connectivity index (χ0n) is 13.5. The van der Waals surface area contributed by atoms with E-state index in [9.17, 15) is 9.59 Å². The number of benzene rings is 1. The maximum absolute atomic E-state index is 12.5. The molecular weight excluding hydrogens is 294 g/mol. The summed E-state index contributed by atoms with van der Waals surface area (Å²) in [5.74, 6) is 0.152. The van der Waals surface area contributed by atoms with Crippen molar-refractivity contribution in [2.75, 3.05) is 13.7 Å². The standard InChI is InChI=1S/C17H21N3O3/c1-4-19-16(21)11(2)20-17(22)14-10-18-9-13(14)12-7-5-6-8-15(12)23-3/h5-11,18H,4H2,1-3H3,(H,19,21)(H,20,22)/t11-/m1/s1. The van der Waals surface area contributed by atoms with Crippen LogP contribution in [0.3, 0.4) is 0 Å². The van der Waals surface area contributed by atoms with Gasteiger partial charge in [0.1, 0.15) is 11.8 Å². The predicted molar refractivity (Wildman–Crippen MR) is 88.4 cm³/mol. The van der Waals surface area contributed by atoms with Crippen LogP contribution in [0.1, 0.15) is 24.2 Å². The number of aromatic nitrogens is 1. The minimum absolute atomic E-state index is 0.213. The van der Waals surface area contributed by atoms with Gasteiger partial charge in [0.25, 0.3) is 5.91 Å². The van der Waals surface area contributed by atoms with Crippen LogP contribution in [0.25, 0.3) is 11.1 Å². The minimum atomic E-state index is -0.608. The van der Waals surface area contributed by atoms with E-state index in [-0.39, 0.29) is 11.8 Å². The maximum Gasteiger partial charge on any atom is 0.254 e. The quantitative estimate of drug-likeness (QED) is 0.762. The Morgan fingerprint density at radius 2 is 1.96 bits per heavy atom. The van der Waals surface area contributed by atoms with Crippen molar-refractivity contribution < 1.29 is 14.3 Å². The third kappa shape index (κ3) is 3.71. The van der Waals surface area contributed by atoms with Gasteiger partial charge in [0.2, 0.25) is 5.91 Å². The summed E-state index contributed by atoms with van der Waals surface area (Å²) in [6.45, 7) is 4.01. The van der Waals surface area contributed by atoms with Gasteiger partial charge in [-0.25, -0.2) is 0 Å². The monoisotopic (exact) mass is 315 g/mol. The molecule has 122 valence electrons. The third-order valence-electron chi connectivity index (χ3n) is 3.48. The van der Waals surface area contributed by atoms with Gasteiger partial charge >= 0.3 is 0 Å². The highest BCUT2D eigenvalue weighted by Crippen LogP contribution is 2.31. The highest BCUT2D eigenvalue weighted by Gasteiger charge is 2.20. The summed E-state index contributed by atoms with van der Waals surface area (Å²) in [4.78, 5) is 27.2. The molecule has 1 heterocycles. The number of para-hydroxylation sites is 1. The molecule has 2 amide bonds. The number of aromatic amines is 1. The normalized spacial score (nSPS) is 11.6. The number of hydrogen-bond acceptors (Lipinski definition) is 3. The average molecular weight is 315 g/mol. The Morgan fingerprint density at radius 3 is 2.65 bits per heavy atom. The number of likely N-dealkylation sites (N-methyl/N-ethyl adjacent to an activating group) is 1. The van der Waals surface area contributed by atoms with E-state index in [1.165, 1.54) is 0 Å². The molecule has 6 heteroatoms. The minimum Gasteiger partial charge on any atom is -0.496 e. The molecule has 0 radical (unpaired) electrons. The number of carbonyl (C=O) groups excluding carboxylic acids is 2. The maximum atomic E-state index is 12.5. The second-order valence-corrected chi connectivity index (χ2v) is 5.07. The summed E-state index contributed by atoms with van der Waals surface area (Å²) in [7, 11) is 1.59. The average Bonchev–Trinajstić information content (AvgIpc) is 3.04. The number of rotatable bonds is 6. The number of ether oxygens (including phenoxy) is 1. The van der Waals surface area contributed by atoms with Crippen LogP contribution in [0.2, 0.25) is 0 Å². The fraction of sp³-hybridized carbons (Fsp3) is 0.294. The lowest BCUT2D eigenvalue weighted by molar-refractivity contribution is -0.122. The van der Waals surface area contributed by atoms with Gasteiger partial charge < -0.3 is 20.4 Å². The molecule has 0 saturated heterocycles. The topological polar surface area (TPSA) is 83.2 Å². The smallest absolute Gasteiger partial charge is 0.254 e. The van der Waals surface area contributed by atoms with Crippen LogP contribution in [0.4, 0.5) is 0 Å². The number of carbonyl (C=O) groups is 2. The van der Waals surface area contributed by atoms with Crippen LogP contribution in [0.15, 0.2) is 36.7 Å². The molecule has 0 bridgehead atoms. The highest BCUT2D eigenvalue weighted by molar-refractivity contribution is 6.03.